The predicted molar refractivity (Wildman–Crippen MR) is 61.1 cm³/mol. The summed E-state index contributed by atoms with van der Waals surface area (Å²) in [6, 6.07) is 0. The maximum atomic E-state index is 9.25. The van der Waals surface area contributed by atoms with Crippen molar-refractivity contribution in [2.45, 2.75) is 53.1 Å². The summed E-state index contributed by atoms with van der Waals surface area (Å²) < 4.78 is 0. The zero-order chi connectivity index (χ0) is 10.8. The third-order valence-electron chi connectivity index (χ3n) is 3.59. The van der Waals surface area contributed by atoms with Gasteiger partial charge in [0.2, 0.25) is 0 Å². The average molecular weight is 196 g/mol. The molecular weight excluding hydrogens is 172 g/mol. The molecule has 0 aromatic carbocycles. The smallest absolute Gasteiger partial charge is 0.0692 e. The van der Waals surface area contributed by atoms with Crippen LogP contribution in [0.5, 0.6) is 0 Å². The average Bonchev–Trinajstić information content (AvgIpc) is 2.01. The van der Waals surface area contributed by atoms with Crippen molar-refractivity contribution in [3.05, 3.63) is 12.2 Å². The number of rotatable bonds is 2. The Balaban J connectivity index is 2.70. The number of aliphatic hydroxyl groups is 1. The molecule has 0 aromatic rings. The molecule has 3 atom stereocenters. The van der Waals surface area contributed by atoms with Gasteiger partial charge in [-0.15, -0.1) is 0 Å². The maximum absolute atomic E-state index is 9.25. The highest BCUT2D eigenvalue weighted by Crippen LogP contribution is 2.44. The highest BCUT2D eigenvalue weighted by Gasteiger charge is 2.34. The van der Waals surface area contributed by atoms with E-state index in [0.29, 0.717) is 11.3 Å². The molecule has 0 bridgehead atoms. The number of hydrogen-bond acceptors (Lipinski definition) is 1. The van der Waals surface area contributed by atoms with Crippen LogP contribution in [-0.4, -0.2) is 11.2 Å². The molecule has 1 N–H and O–H groups in total. The maximum Gasteiger partial charge on any atom is 0.0692 e. The van der Waals surface area contributed by atoms with Crippen LogP contribution in [0.3, 0.4) is 0 Å². The van der Waals surface area contributed by atoms with Crippen molar-refractivity contribution in [1.82, 2.24) is 0 Å². The summed E-state index contributed by atoms with van der Waals surface area (Å²) in [4.78, 5) is 0. The van der Waals surface area contributed by atoms with Gasteiger partial charge in [-0.1, -0.05) is 45.8 Å². The van der Waals surface area contributed by atoms with Gasteiger partial charge in [0, 0.05) is 0 Å². The van der Waals surface area contributed by atoms with E-state index in [9.17, 15) is 5.11 Å². The molecule has 0 heterocycles. The van der Waals surface area contributed by atoms with Crippen LogP contribution in [-0.2, 0) is 0 Å². The zero-order valence-corrected chi connectivity index (χ0v) is 9.96. The van der Waals surface area contributed by atoms with Crippen LogP contribution in [0.25, 0.3) is 0 Å². The van der Waals surface area contributed by atoms with Gasteiger partial charge in [-0.05, 0) is 30.6 Å². The fraction of sp³-hybridized carbons (Fsp3) is 0.846. The van der Waals surface area contributed by atoms with E-state index >= 15 is 0 Å². The molecule has 1 aliphatic carbocycles. The van der Waals surface area contributed by atoms with Crippen LogP contribution in [0.4, 0.5) is 0 Å². The predicted octanol–water partition coefficient (Wildman–Crippen LogP) is 3.39. The van der Waals surface area contributed by atoms with Crippen molar-refractivity contribution in [3.8, 4) is 0 Å². The fourth-order valence-corrected chi connectivity index (χ4v) is 2.73. The molecule has 14 heavy (non-hydrogen) atoms. The van der Waals surface area contributed by atoms with Gasteiger partial charge < -0.3 is 5.11 Å². The van der Waals surface area contributed by atoms with E-state index < -0.39 is 0 Å². The number of allylic oxidation sites excluding steroid dienone is 1. The molecule has 1 aliphatic rings. The minimum Gasteiger partial charge on any atom is -0.389 e. The van der Waals surface area contributed by atoms with Crippen molar-refractivity contribution in [3.63, 3.8) is 0 Å². The van der Waals surface area contributed by atoms with E-state index in [-0.39, 0.29) is 6.10 Å². The largest absolute Gasteiger partial charge is 0.389 e. The first kappa shape index (κ1) is 11.8. The molecule has 3 unspecified atom stereocenters. The molecule has 1 rings (SSSR count). The van der Waals surface area contributed by atoms with Gasteiger partial charge in [0.1, 0.15) is 0 Å². The minimum atomic E-state index is -0.306. The first-order valence-electron chi connectivity index (χ1n) is 5.80. The number of aliphatic hydroxyl groups excluding tert-OH is 1. The zero-order valence-electron chi connectivity index (χ0n) is 9.96. The molecule has 1 heteroatoms. The Hall–Kier alpha value is -0.300. The molecule has 0 amide bonds. The van der Waals surface area contributed by atoms with E-state index in [4.69, 9.17) is 0 Å². The van der Waals surface area contributed by atoms with E-state index in [1.165, 1.54) is 19.3 Å². The highest BCUT2D eigenvalue weighted by atomic mass is 16.3. The van der Waals surface area contributed by atoms with Crippen LogP contribution in [0.1, 0.15) is 47.0 Å². The summed E-state index contributed by atoms with van der Waals surface area (Å²) in [5.74, 6) is 1.39. The third kappa shape index (κ3) is 2.84. The lowest BCUT2D eigenvalue weighted by molar-refractivity contribution is 0.121. The molecule has 0 aliphatic heterocycles. The molecule has 1 fully saturated rings. The Morgan fingerprint density at radius 1 is 1.43 bits per heavy atom. The standard InChI is InChI=1S/C13H24O/c1-10-6-5-9-13(3,4)12(10)8-7-11(2)14/h7-8,10-12,14H,5-6,9H2,1-4H3/b8-7+. The van der Waals surface area contributed by atoms with Gasteiger partial charge >= 0.3 is 0 Å². The summed E-state index contributed by atoms with van der Waals surface area (Å²) in [5.41, 5.74) is 0.406. The van der Waals surface area contributed by atoms with Crippen molar-refractivity contribution in [2.75, 3.05) is 0 Å². The summed E-state index contributed by atoms with van der Waals surface area (Å²) in [7, 11) is 0. The van der Waals surface area contributed by atoms with E-state index in [1.54, 1.807) is 0 Å². The van der Waals surface area contributed by atoms with Gasteiger partial charge in [-0.2, -0.15) is 0 Å². The Morgan fingerprint density at radius 3 is 2.57 bits per heavy atom. The molecule has 0 radical (unpaired) electrons. The summed E-state index contributed by atoms with van der Waals surface area (Å²) in [6.45, 7) is 8.84. The van der Waals surface area contributed by atoms with Crippen molar-refractivity contribution >= 4 is 0 Å². The van der Waals surface area contributed by atoms with Gasteiger partial charge in [-0.3, -0.25) is 0 Å². The van der Waals surface area contributed by atoms with E-state index in [2.05, 4.69) is 26.8 Å². The third-order valence-corrected chi connectivity index (χ3v) is 3.59. The Labute approximate surface area is 88.2 Å². The first-order valence-corrected chi connectivity index (χ1v) is 5.80. The normalized spacial score (nSPS) is 34.6. The van der Waals surface area contributed by atoms with Crippen LogP contribution in [0, 0.1) is 17.3 Å². The van der Waals surface area contributed by atoms with Crippen molar-refractivity contribution in [2.24, 2.45) is 17.3 Å². The van der Waals surface area contributed by atoms with Crippen molar-refractivity contribution in [1.29, 1.82) is 0 Å². The quantitative estimate of drug-likeness (QED) is 0.671. The number of hydrogen-bond donors (Lipinski definition) is 1. The SMILES string of the molecule is CC(O)/C=C/C1C(C)CCCC1(C)C. The minimum absolute atomic E-state index is 0.306. The van der Waals surface area contributed by atoms with Crippen LogP contribution in [0.15, 0.2) is 12.2 Å². The Bertz CT molecular complexity index is 203. The molecule has 1 saturated carbocycles. The van der Waals surface area contributed by atoms with E-state index in [0.717, 1.165) is 5.92 Å². The van der Waals surface area contributed by atoms with Crippen LogP contribution < -0.4 is 0 Å². The molecular formula is C13H24O. The van der Waals surface area contributed by atoms with Gasteiger partial charge in [0.05, 0.1) is 6.10 Å². The molecule has 0 spiro atoms. The molecule has 0 saturated heterocycles. The molecule has 0 aromatic heterocycles. The van der Waals surface area contributed by atoms with E-state index in [1.807, 2.05) is 13.0 Å². The monoisotopic (exact) mass is 196 g/mol. The van der Waals surface area contributed by atoms with Crippen LogP contribution in [0.2, 0.25) is 0 Å². The lowest BCUT2D eigenvalue weighted by atomic mass is 9.64. The molecule has 1 nitrogen and oxygen atoms in total. The summed E-state index contributed by atoms with van der Waals surface area (Å²) >= 11 is 0. The second-order valence-corrected chi connectivity index (χ2v) is 5.51. The summed E-state index contributed by atoms with van der Waals surface area (Å²) in [6.07, 6.45) is 7.86. The lowest BCUT2D eigenvalue weighted by Gasteiger charge is -2.41. The first-order chi connectivity index (χ1) is 6.43. The van der Waals surface area contributed by atoms with Gasteiger partial charge in [0.25, 0.3) is 0 Å². The summed E-state index contributed by atoms with van der Waals surface area (Å²) in [5, 5.41) is 9.25. The van der Waals surface area contributed by atoms with Gasteiger partial charge in [0.15, 0.2) is 0 Å². The Kier molecular flexibility index (Phi) is 3.77. The lowest BCUT2D eigenvalue weighted by Crippen LogP contribution is -2.32. The molecule has 82 valence electrons. The van der Waals surface area contributed by atoms with Crippen LogP contribution >= 0.6 is 0 Å². The Morgan fingerprint density at radius 2 is 2.07 bits per heavy atom. The van der Waals surface area contributed by atoms with Crippen molar-refractivity contribution < 1.29 is 5.11 Å². The fourth-order valence-electron chi connectivity index (χ4n) is 2.73. The highest BCUT2D eigenvalue weighted by molar-refractivity contribution is 5.01. The topological polar surface area (TPSA) is 20.2 Å². The second kappa shape index (κ2) is 4.48. The second-order valence-electron chi connectivity index (χ2n) is 5.51. The van der Waals surface area contributed by atoms with Gasteiger partial charge in [-0.25, -0.2) is 0 Å².